The fourth-order valence-electron chi connectivity index (χ4n) is 1.37. The van der Waals surface area contributed by atoms with Gasteiger partial charge in [-0.05, 0) is 24.1 Å². The van der Waals surface area contributed by atoms with E-state index in [4.69, 9.17) is 0 Å². The second-order valence-electron chi connectivity index (χ2n) is 3.95. The monoisotopic (exact) mass is 256 g/mol. The molecule has 1 aromatic carbocycles. The summed E-state index contributed by atoms with van der Waals surface area (Å²) in [5.74, 6) is 5.42. The molecule has 0 radical (unpaired) electrons. The van der Waals surface area contributed by atoms with Gasteiger partial charge in [0.15, 0.2) is 0 Å². The molecule has 4 heteroatoms. The lowest BCUT2D eigenvalue weighted by molar-refractivity contribution is -0.137. The average Bonchev–Trinajstić information content (AvgIpc) is 2.33. The highest BCUT2D eigenvalue weighted by Gasteiger charge is 2.30. The Hall–Kier alpha value is -1.47. The molecule has 0 fully saturated rings. The van der Waals surface area contributed by atoms with Gasteiger partial charge in [0.2, 0.25) is 0 Å². The van der Waals surface area contributed by atoms with E-state index >= 15 is 0 Å². The van der Waals surface area contributed by atoms with Gasteiger partial charge in [-0.3, -0.25) is 0 Å². The highest BCUT2D eigenvalue weighted by atomic mass is 19.4. The summed E-state index contributed by atoms with van der Waals surface area (Å²) in [4.78, 5) is 0. The number of benzene rings is 1. The van der Waals surface area contributed by atoms with E-state index in [0.29, 0.717) is 12.0 Å². The molecule has 1 unspecified atom stereocenters. The van der Waals surface area contributed by atoms with Gasteiger partial charge in [0, 0.05) is 6.42 Å². The first-order chi connectivity index (χ1) is 8.45. The lowest BCUT2D eigenvalue weighted by atomic mass is 10.1. The van der Waals surface area contributed by atoms with Crippen LogP contribution in [0.25, 0.3) is 0 Å². The largest absolute Gasteiger partial charge is 0.416 e. The van der Waals surface area contributed by atoms with E-state index in [-0.39, 0.29) is 0 Å². The van der Waals surface area contributed by atoms with Crippen LogP contribution in [0, 0.1) is 11.8 Å². The minimum Gasteiger partial charge on any atom is -0.376 e. The fourth-order valence-corrected chi connectivity index (χ4v) is 1.37. The average molecular weight is 256 g/mol. The molecule has 0 aliphatic rings. The van der Waals surface area contributed by atoms with Crippen molar-refractivity contribution in [3.05, 3.63) is 35.4 Å². The smallest absolute Gasteiger partial charge is 0.376 e. The Morgan fingerprint density at radius 1 is 1.22 bits per heavy atom. The minimum absolute atomic E-state index is 0.381. The summed E-state index contributed by atoms with van der Waals surface area (Å²) in [6, 6.07) is 4.41. The van der Waals surface area contributed by atoms with Crippen LogP contribution in [0.1, 0.15) is 43.4 Å². The number of unbranched alkanes of at least 4 members (excludes halogenated alkanes) is 2. The molecule has 1 rings (SSSR count). The summed E-state index contributed by atoms with van der Waals surface area (Å²) in [6.45, 7) is 2.04. The molecule has 1 nitrogen and oxygen atoms in total. The normalized spacial score (nSPS) is 12.7. The zero-order valence-electron chi connectivity index (χ0n) is 10.1. The second kappa shape index (κ2) is 6.46. The molecule has 0 amide bonds. The van der Waals surface area contributed by atoms with Crippen LogP contribution in [0.4, 0.5) is 13.2 Å². The van der Waals surface area contributed by atoms with E-state index in [0.717, 1.165) is 25.0 Å². The van der Waals surface area contributed by atoms with Crippen molar-refractivity contribution >= 4 is 0 Å². The summed E-state index contributed by atoms with van der Waals surface area (Å²) >= 11 is 0. The molecule has 0 aliphatic heterocycles. The zero-order chi connectivity index (χ0) is 13.6. The van der Waals surface area contributed by atoms with Crippen molar-refractivity contribution in [1.82, 2.24) is 0 Å². The summed E-state index contributed by atoms with van der Waals surface area (Å²) in [5, 5.41) is 9.66. The van der Waals surface area contributed by atoms with Crippen LogP contribution in [0.2, 0.25) is 0 Å². The maximum atomic E-state index is 12.3. The summed E-state index contributed by atoms with van der Waals surface area (Å²) in [6.07, 6.45) is -2.72. The molecular weight excluding hydrogens is 241 g/mol. The molecular formula is C14H15F3O. The Morgan fingerprint density at radius 3 is 2.33 bits per heavy atom. The standard InChI is InChI=1S/C14H15F3O/c1-2-3-4-5-6-13(18)11-7-9-12(10-8-11)14(15,16)17/h7-10,13,18H,2-4H2,1H3. The van der Waals surface area contributed by atoms with Crippen LogP contribution in [0.15, 0.2) is 24.3 Å². The minimum atomic E-state index is -4.35. The van der Waals surface area contributed by atoms with Crippen molar-refractivity contribution in [3.63, 3.8) is 0 Å². The van der Waals surface area contributed by atoms with Crippen molar-refractivity contribution in [1.29, 1.82) is 0 Å². The molecule has 0 saturated heterocycles. The van der Waals surface area contributed by atoms with Gasteiger partial charge in [-0.25, -0.2) is 0 Å². The lowest BCUT2D eigenvalue weighted by Crippen LogP contribution is -2.05. The van der Waals surface area contributed by atoms with Crippen molar-refractivity contribution < 1.29 is 18.3 Å². The van der Waals surface area contributed by atoms with E-state index in [2.05, 4.69) is 11.8 Å². The van der Waals surface area contributed by atoms with Crippen LogP contribution in [-0.2, 0) is 6.18 Å². The summed E-state index contributed by atoms with van der Waals surface area (Å²) in [5.41, 5.74) is -0.343. The van der Waals surface area contributed by atoms with Gasteiger partial charge >= 0.3 is 6.18 Å². The number of rotatable bonds is 3. The van der Waals surface area contributed by atoms with Crippen molar-refractivity contribution in [2.75, 3.05) is 0 Å². The van der Waals surface area contributed by atoms with Crippen LogP contribution in [-0.4, -0.2) is 5.11 Å². The quantitative estimate of drug-likeness (QED) is 0.641. The first-order valence-electron chi connectivity index (χ1n) is 5.78. The SMILES string of the molecule is CCCCC#CC(O)c1ccc(C(F)(F)F)cc1. The highest BCUT2D eigenvalue weighted by Crippen LogP contribution is 2.29. The maximum Gasteiger partial charge on any atom is 0.416 e. The van der Waals surface area contributed by atoms with Gasteiger partial charge in [-0.1, -0.05) is 31.4 Å². The molecule has 1 atom stereocenters. The van der Waals surface area contributed by atoms with Crippen molar-refractivity contribution in [3.8, 4) is 11.8 Å². The van der Waals surface area contributed by atoms with Crippen LogP contribution < -0.4 is 0 Å². The number of aliphatic hydroxyl groups is 1. The molecule has 0 aromatic heterocycles. The van der Waals surface area contributed by atoms with E-state index in [1.807, 2.05) is 6.92 Å². The molecule has 1 N–H and O–H groups in total. The van der Waals surface area contributed by atoms with Crippen LogP contribution >= 0.6 is 0 Å². The number of alkyl halides is 3. The van der Waals surface area contributed by atoms with Crippen LogP contribution in [0.3, 0.4) is 0 Å². The summed E-state index contributed by atoms with van der Waals surface area (Å²) < 4.78 is 37.0. The molecule has 18 heavy (non-hydrogen) atoms. The third kappa shape index (κ3) is 4.42. The van der Waals surface area contributed by atoms with E-state index in [1.54, 1.807) is 0 Å². The lowest BCUT2D eigenvalue weighted by Gasteiger charge is -2.08. The Kier molecular flexibility index (Phi) is 5.24. The van der Waals surface area contributed by atoms with Crippen LogP contribution in [0.5, 0.6) is 0 Å². The zero-order valence-corrected chi connectivity index (χ0v) is 10.1. The van der Waals surface area contributed by atoms with E-state index in [9.17, 15) is 18.3 Å². The highest BCUT2D eigenvalue weighted by molar-refractivity contribution is 5.29. The van der Waals surface area contributed by atoms with Gasteiger partial charge in [-0.15, -0.1) is 5.92 Å². The number of hydrogen-bond donors (Lipinski definition) is 1. The first kappa shape index (κ1) is 14.6. The van der Waals surface area contributed by atoms with E-state index < -0.39 is 17.8 Å². The second-order valence-corrected chi connectivity index (χ2v) is 3.95. The third-order valence-corrected chi connectivity index (χ3v) is 2.45. The van der Waals surface area contributed by atoms with Gasteiger partial charge in [0.25, 0.3) is 0 Å². The Balaban J connectivity index is 2.69. The third-order valence-electron chi connectivity index (χ3n) is 2.45. The molecule has 0 bridgehead atoms. The fraction of sp³-hybridized carbons (Fsp3) is 0.429. The molecule has 0 heterocycles. The Bertz CT molecular complexity index is 423. The molecule has 0 saturated carbocycles. The molecule has 1 aromatic rings. The Labute approximate surface area is 105 Å². The topological polar surface area (TPSA) is 20.2 Å². The van der Waals surface area contributed by atoms with Gasteiger partial charge in [-0.2, -0.15) is 13.2 Å². The predicted octanol–water partition coefficient (Wildman–Crippen LogP) is 3.93. The first-order valence-corrected chi connectivity index (χ1v) is 5.78. The van der Waals surface area contributed by atoms with Gasteiger partial charge in [0.1, 0.15) is 6.10 Å². The van der Waals surface area contributed by atoms with Gasteiger partial charge < -0.3 is 5.11 Å². The Morgan fingerprint density at radius 2 is 1.83 bits per heavy atom. The molecule has 98 valence electrons. The van der Waals surface area contributed by atoms with E-state index in [1.165, 1.54) is 12.1 Å². The number of hydrogen-bond acceptors (Lipinski definition) is 1. The molecule has 0 aliphatic carbocycles. The number of aliphatic hydroxyl groups excluding tert-OH is 1. The van der Waals surface area contributed by atoms with Crippen molar-refractivity contribution in [2.45, 2.75) is 38.5 Å². The molecule has 0 spiro atoms. The maximum absolute atomic E-state index is 12.3. The number of halogens is 3. The summed E-state index contributed by atoms with van der Waals surface area (Å²) in [7, 11) is 0. The van der Waals surface area contributed by atoms with Gasteiger partial charge in [0.05, 0.1) is 5.56 Å². The van der Waals surface area contributed by atoms with Crippen molar-refractivity contribution in [2.24, 2.45) is 0 Å². The predicted molar refractivity (Wildman–Crippen MR) is 63.7 cm³/mol.